The average molecular weight is 334 g/mol. The summed E-state index contributed by atoms with van der Waals surface area (Å²) < 4.78 is 28.2. The molecule has 7 heteroatoms. The van der Waals surface area contributed by atoms with Gasteiger partial charge in [0.2, 0.25) is 0 Å². The zero-order valence-electron chi connectivity index (χ0n) is 13.5. The van der Waals surface area contributed by atoms with Crippen molar-refractivity contribution in [3.05, 3.63) is 46.8 Å². The maximum absolute atomic E-state index is 13.2. The predicted molar refractivity (Wildman–Crippen MR) is 86.7 cm³/mol. The van der Waals surface area contributed by atoms with Crippen molar-refractivity contribution in [2.24, 2.45) is 5.73 Å². The lowest BCUT2D eigenvalue weighted by molar-refractivity contribution is 0.0118. The molecule has 1 aromatic carbocycles. The largest absolute Gasteiger partial charge is 0.345 e. The van der Waals surface area contributed by atoms with Crippen LogP contribution in [0.15, 0.2) is 24.3 Å². The summed E-state index contributed by atoms with van der Waals surface area (Å²) in [7, 11) is 0. The molecule has 0 saturated heterocycles. The number of carbonyl (C=O) groups is 1. The standard InChI is InChI=1S/C17H20F2N4O/c1-11-5-7-12(8-6-11)23-14-4-2-3-13(14)15(22-23)16(24)21-10-17(18,19)9-20/h5-8H,2-4,9-10,20H2,1H3,(H,21,24). The van der Waals surface area contributed by atoms with E-state index in [2.05, 4.69) is 10.4 Å². The second-order valence-corrected chi connectivity index (χ2v) is 6.12. The van der Waals surface area contributed by atoms with Crippen molar-refractivity contribution in [3.63, 3.8) is 0 Å². The van der Waals surface area contributed by atoms with Crippen LogP contribution in [-0.4, -0.2) is 34.7 Å². The first-order chi connectivity index (χ1) is 11.4. The minimum Gasteiger partial charge on any atom is -0.345 e. The van der Waals surface area contributed by atoms with Crippen LogP contribution >= 0.6 is 0 Å². The molecular weight excluding hydrogens is 314 g/mol. The van der Waals surface area contributed by atoms with Gasteiger partial charge in [-0.15, -0.1) is 0 Å². The molecule has 0 fully saturated rings. The fourth-order valence-electron chi connectivity index (χ4n) is 2.88. The van der Waals surface area contributed by atoms with Crippen LogP contribution in [0.4, 0.5) is 8.78 Å². The number of rotatable bonds is 5. The highest BCUT2D eigenvalue weighted by Crippen LogP contribution is 2.28. The van der Waals surface area contributed by atoms with E-state index in [0.29, 0.717) is 0 Å². The Morgan fingerprint density at radius 1 is 1.33 bits per heavy atom. The fourth-order valence-corrected chi connectivity index (χ4v) is 2.88. The number of alkyl halides is 2. The summed E-state index contributed by atoms with van der Waals surface area (Å²) in [6.45, 7) is 0.408. The van der Waals surface area contributed by atoms with E-state index >= 15 is 0 Å². The van der Waals surface area contributed by atoms with Gasteiger partial charge in [-0.25, -0.2) is 13.5 Å². The summed E-state index contributed by atoms with van der Waals surface area (Å²) >= 11 is 0. The van der Waals surface area contributed by atoms with Crippen molar-refractivity contribution >= 4 is 5.91 Å². The van der Waals surface area contributed by atoms with Gasteiger partial charge in [-0.2, -0.15) is 5.10 Å². The Labute approximate surface area is 138 Å². The Morgan fingerprint density at radius 3 is 2.71 bits per heavy atom. The van der Waals surface area contributed by atoms with Crippen molar-refractivity contribution in [2.45, 2.75) is 32.1 Å². The Morgan fingerprint density at radius 2 is 2.04 bits per heavy atom. The van der Waals surface area contributed by atoms with Gasteiger partial charge >= 0.3 is 0 Å². The number of carbonyl (C=O) groups excluding carboxylic acids is 1. The first-order valence-corrected chi connectivity index (χ1v) is 7.95. The molecule has 1 heterocycles. The summed E-state index contributed by atoms with van der Waals surface area (Å²) in [6, 6.07) is 7.82. The molecule has 1 aliphatic rings. The third-order valence-corrected chi connectivity index (χ3v) is 4.23. The van der Waals surface area contributed by atoms with Gasteiger partial charge < -0.3 is 11.1 Å². The van der Waals surface area contributed by atoms with E-state index in [0.717, 1.165) is 41.8 Å². The first kappa shape index (κ1) is 16.6. The molecule has 0 atom stereocenters. The van der Waals surface area contributed by atoms with Crippen LogP contribution in [0.3, 0.4) is 0 Å². The summed E-state index contributed by atoms with van der Waals surface area (Å²) in [5.74, 6) is -3.69. The van der Waals surface area contributed by atoms with Crippen molar-refractivity contribution in [3.8, 4) is 5.69 Å². The second-order valence-electron chi connectivity index (χ2n) is 6.12. The van der Waals surface area contributed by atoms with E-state index in [4.69, 9.17) is 5.73 Å². The van der Waals surface area contributed by atoms with E-state index in [1.165, 1.54) is 0 Å². The Bertz CT molecular complexity index is 753. The summed E-state index contributed by atoms with van der Waals surface area (Å²) in [5, 5.41) is 6.64. The maximum atomic E-state index is 13.2. The van der Waals surface area contributed by atoms with Crippen molar-refractivity contribution < 1.29 is 13.6 Å². The number of nitrogens with two attached hydrogens (primary N) is 1. The molecule has 128 valence electrons. The number of halogens is 2. The van der Waals surface area contributed by atoms with Crippen LogP contribution in [0.25, 0.3) is 5.69 Å². The number of benzene rings is 1. The molecule has 0 spiro atoms. The number of hydrogen-bond donors (Lipinski definition) is 2. The van der Waals surface area contributed by atoms with Crippen molar-refractivity contribution in [1.82, 2.24) is 15.1 Å². The van der Waals surface area contributed by atoms with Crippen LogP contribution in [0.2, 0.25) is 0 Å². The van der Waals surface area contributed by atoms with Crippen molar-refractivity contribution in [2.75, 3.05) is 13.1 Å². The number of hydrogen-bond acceptors (Lipinski definition) is 3. The molecule has 1 aromatic heterocycles. The van der Waals surface area contributed by atoms with Gasteiger partial charge in [0.1, 0.15) is 0 Å². The Kier molecular flexibility index (Phi) is 4.36. The van der Waals surface area contributed by atoms with Crippen LogP contribution in [0.5, 0.6) is 0 Å². The number of fused-ring (bicyclic) bond motifs is 1. The lowest BCUT2D eigenvalue weighted by Crippen LogP contribution is -2.41. The summed E-state index contributed by atoms with van der Waals surface area (Å²) in [5.41, 5.74) is 9.05. The quantitative estimate of drug-likeness (QED) is 0.878. The Hall–Kier alpha value is -2.28. The molecule has 24 heavy (non-hydrogen) atoms. The van der Waals surface area contributed by atoms with E-state index in [1.807, 2.05) is 31.2 Å². The van der Waals surface area contributed by atoms with Gasteiger partial charge in [-0.1, -0.05) is 17.7 Å². The molecule has 0 bridgehead atoms. The predicted octanol–water partition coefficient (Wildman–Crippen LogP) is 1.99. The monoisotopic (exact) mass is 334 g/mol. The molecule has 3 rings (SSSR count). The van der Waals surface area contributed by atoms with Crippen LogP contribution < -0.4 is 11.1 Å². The third-order valence-electron chi connectivity index (χ3n) is 4.23. The van der Waals surface area contributed by atoms with E-state index in [-0.39, 0.29) is 5.69 Å². The average Bonchev–Trinajstić information content (AvgIpc) is 3.16. The molecule has 0 aliphatic heterocycles. The molecule has 1 aliphatic carbocycles. The molecule has 5 nitrogen and oxygen atoms in total. The highest BCUT2D eigenvalue weighted by molar-refractivity contribution is 5.94. The van der Waals surface area contributed by atoms with Crippen molar-refractivity contribution in [1.29, 1.82) is 0 Å². The van der Waals surface area contributed by atoms with Crippen LogP contribution in [0, 0.1) is 6.92 Å². The smallest absolute Gasteiger partial charge is 0.277 e. The van der Waals surface area contributed by atoms with Gasteiger partial charge in [0.15, 0.2) is 5.69 Å². The fraction of sp³-hybridized carbons (Fsp3) is 0.412. The maximum Gasteiger partial charge on any atom is 0.277 e. The summed E-state index contributed by atoms with van der Waals surface area (Å²) in [4.78, 5) is 12.3. The van der Waals surface area contributed by atoms with Gasteiger partial charge in [-0.3, -0.25) is 4.79 Å². The molecule has 3 N–H and O–H groups in total. The van der Waals surface area contributed by atoms with Crippen LogP contribution in [0.1, 0.15) is 33.7 Å². The third kappa shape index (κ3) is 3.17. The highest BCUT2D eigenvalue weighted by atomic mass is 19.3. The van der Waals surface area contributed by atoms with Crippen LogP contribution in [-0.2, 0) is 12.8 Å². The van der Waals surface area contributed by atoms with Gasteiger partial charge in [0.05, 0.1) is 18.8 Å². The van der Waals surface area contributed by atoms with E-state index in [9.17, 15) is 13.6 Å². The number of aromatic nitrogens is 2. The zero-order chi connectivity index (χ0) is 17.3. The first-order valence-electron chi connectivity index (χ1n) is 7.95. The molecular formula is C17H20F2N4O. The highest BCUT2D eigenvalue weighted by Gasteiger charge is 2.30. The molecule has 1 amide bonds. The number of nitrogens with one attached hydrogen (secondary N) is 1. The lowest BCUT2D eigenvalue weighted by atomic mass is 10.2. The molecule has 0 saturated carbocycles. The van der Waals surface area contributed by atoms with Gasteiger partial charge in [-0.05, 0) is 38.3 Å². The van der Waals surface area contributed by atoms with Gasteiger partial charge in [0.25, 0.3) is 11.8 Å². The normalized spacial score (nSPS) is 13.8. The second kappa shape index (κ2) is 6.32. The van der Waals surface area contributed by atoms with E-state index < -0.39 is 24.9 Å². The minimum atomic E-state index is -3.11. The number of aryl methyl sites for hydroxylation is 1. The Balaban J connectivity index is 1.88. The zero-order valence-corrected chi connectivity index (χ0v) is 13.5. The van der Waals surface area contributed by atoms with E-state index in [1.54, 1.807) is 4.68 Å². The molecule has 0 unspecified atom stereocenters. The molecule has 0 radical (unpaired) electrons. The minimum absolute atomic E-state index is 0.232. The lowest BCUT2D eigenvalue weighted by Gasteiger charge is -2.14. The SMILES string of the molecule is Cc1ccc(-n2nc(C(=O)NCC(F)(F)CN)c3c2CCC3)cc1. The van der Waals surface area contributed by atoms with Gasteiger partial charge in [0, 0.05) is 11.3 Å². The topological polar surface area (TPSA) is 72.9 Å². The number of amides is 1. The summed E-state index contributed by atoms with van der Waals surface area (Å²) in [6.07, 6.45) is 2.48. The number of nitrogens with zero attached hydrogens (tertiary/aromatic N) is 2. The molecule has 2 aromatic rings.